The zero-order valence-corrected chi connectivity index (χ0v) is 16.3. The number of carbonyl (C=O) groups is 1. The third-order valence-corrected chi connectivity index (χ3v) is 6.67. The van der Waals surface area contributed by atoms with Crippen LogP contribution in [0.25, 0.3) is 11.3 Å². The molecule has 1 heterocycles. The Kier molecular flexibility index (Phi) is 4.77. The van der Waals surface area contributed by atoms with E-state index in [1.807, 2.05) is 30.3 Å². The summed E-state index contributed by atoms with van der Waals surface area (Å²) in [5.41, 5.74) is 0.380. The van der Waals surface area contributed by atoms with Gasteiger partial charge in [0.05, 0.1) is 6.54 Å². The zero-order chi connectivity index (χ0) is 19.9. The van der Waals surface area contributed by atoms with Crippen molar-refractivity contribution in [2.45, 2.75) is 50.6 Å². The quantitative estimate of drug-likeness (QED) is 0.780. The van der Waals surface area contributed by atoms with Gasteiger partial charge in [0.25, 0.3) is 0 Å². The van der Waals surface area contributed by atoms with E-state index in [-0.39, 0.29) is 19.4 Å². The normalized spacial score (nSPS) is 16.1. The molecule has 1 amide bonds. The fraction of sp³-hybridized carbons (Fsp3) is 0.444. The molecule has 1 saturated carbocycles. The van der Waals surface area contributed by atoms with E-state index in [2.05, 4.69) is 9.71 Å². The molecule has 0 radical (unpaired) electrons. The Labute approximate surface area is 158 Å². The minimum Gasteiger partial charge on any atom is -0.465 e. The number of amides is 1. The molecular weight excluding hydrogens is 370 g/mol. The van der Waals surface area contributed by atoms with Crippen LogP contribution in [-0.2, 0) is 16.6 Å². The monoisotopic (exact) mass is 393 g/mol. The van der Waals surface area contributed by atoms with Crippen molar-refractivity contribution >= 4 is 16.1 Å². The third-order valence-electron chi connectivity index (χ3n) is 4.55. The molecule has 0 unspecified atom stereocenters. The van der Waals surface area contributed by atoms with E-state index in [1.54, 1.807) is 20.8 Å². The van der Waals surface area contributed by atoms with Crippen molar-refractivity contribution in [3.8, 4) is 11.3 Å². The number of hydrogen-bond acceptors (Lipinski definition) is 5. The van der Waals surface area contributed by atoms with Crippen molar-refractivity contribution in [3.05, 3.63) is 42.4 Å². The number of rotatable bonds is 6. The lowest BCUT2D eigenvalue weighted by atomic mass is 10.1. The molecule has 27 heavy (non-hydrogen) atoms. The highest BCUT2D eigenvalue weighted by molar-refractivity contribution is 7.91. The largest absolute Gasteiger partial charge is 0.465 e. The van der Waals surface area contributed by atoms with Gasteiger partial charge in [-0.25, -0.2) is 22.9 Å². The van der Waals surface area contributed by atoms with Gasteiger partial charge in [-0.2, -0.15) is 0 Å². The number of carboxylic acid groups (broad SMARTS) is 1. The van der Waals surface area contributed by atoms with Crippen LogP contribution < -0.4 is 4.72 Å². The molecule has 9 heteroatoms. The summed E-state index contributed by atoms with van der Waals surface area (Å²) in [6, 6.07) is 9.24. The number of nitrogens with one attached hydrogen (secondary N) is 1. The summed E-state index contributed by atoms with van der Waals surface area (Å²) in [4.78, 5) is 15.4. The standard InChI is InChI=1S/C18H23N3O5S/c1-17(2,3)21(16(22)23)18(9-10-18)27(24,25)20-11-14-15(26-12-19-14)13-7-5-4-6-8-13/h4-8,12,20H,9-11H2,1-3H3,(H,22,23). The highest BCUT2D eigenvalue weighted by atomic mass is 32.2. The van der Waals surface area contributed by atoms with E-state index < -0.39 is 26.5 Å². The minimum atomic E-state index is -3.94. The van der Waals surface area contributed by atoms with Gasteiger partial charge in [0.15, 0.2) is 17.0 Å². The molecule has 0 bridgehead atoms. The summed E-state index contributed by atoms with van der Waals surface area (Å²) in [6.07, 6.45) is 0.529. The van der Waals surface area contributed by atoms with Gasteiger partial charge in [0, 0.05) is 11.1 Å². The molecule has 146 valence electrons. The van der Waals surface area contributed by atoms with Gasteiger partial charge < -0.3 is 9.52 Å². The lowest BCUT2D eigenvalue weighted by Crippen LogP contribution is -2.58. The fourth-order valence-corrected chi connectivity index (χ4v) is 5.14. The van der Waals surface area contributed by atoms with Crippen LogP contribution in [-0.4, -0.2) is 39.9 Å². The molecule has 0 atom stereocenters. The van der Waals surface area contributed by atoms with E-state index in [9.17, 15) is 18.3 Å². The van der Waals surface area contributed by atoms with Crippen LogP contribution in [0.2, 0.25) is 0 Å². The molecule has 2 aromatic rings. The van der Waals surface area contributed by atoms with E-state index in [0.717, 1.165) is 10.5 Å². The van der Waals surface area contributed by atoms with Gasteiger partial charge in [0.1, 0.15) is 5.69 Å². The second kappa shape index (κ2) is 6.65. The first-order chi connectivity index (χ1) is 12.6. The van der Waals surface area contributed by atoms with E-state index in [0.29, 0.717) is 11.5 Å². The van der Waals surface area contributed by atoms with Crippen molar-refractivity contribution < 1.29 is 22.7 Å². The Morgan fingerprint density at radius 1 is 1.30 bits per heavy atom. The molecule has 1 fully saturated rings. The Balaban J connectivity index is 1.83. The molecule has 1 aromatic carbocycles. The Hall–Kier alpha value is -2.39. The van der Waals surface area contributed by atoms with Crippen molar-refractivity contribution in [3.63, 3.8) is 0 Å². The molecule has 2 N–H and O–H groups in total. The summed E-state index contributed by atoms with van der Waals surface area (Å²) in [7, 11) is -3.94. The minimum absolute atomic E-state index is 0.0809. The van der Waals surface area contributed by atoms with Crippen molar-refractivity contribution in [1.82, 2.24) is 14.6 Å². The van der Waals surface area contributed by atoms with Crippen LogP contribution >= 0.6 is 0 Å². The molecule has 0 spiro atoms. The second-order valence-electron chi connectivity index (χ2n) is 7.55. The van der Waals surface area contributed by atoms with E-state index in [4.69, 9.17) is 4.42 Å². The van der Waals surface area contributed by atoms with Gasteiger partial charge in [-0.05, 0) is 33.6 Å². The lowest BCUT2D eigenvalue weighted by Gasteiger charge is -2.39. The number of hydrogen-bond donors (Lipinski definition) is 2. The summed E-state index contributed by atoms with van der Waals surface area (Å²) in [5.74, 6) is 0.481. The molecule has 1 aromatic heterocycles. The van der Waals surface area contributed by atoms with Gasteiger partial charge in [-0.1, -0.05) is 30.3 Å². The van der Waals surface area contributed by atoms with E-state index >= 15 is 0 Å². The van der Waals surface area contributed by atoms with Crippen LogP contribution in [0.15, 0.2) is 41.1 Å². The van der Waals surface area contributed by atoms with Crippen molar-refractivity contribution in [2.24, 2.45) is 0 Å². The maximum atomic E-state index is 13.0. The first-order valence-corrected chi connectivity index (χ1v) is 10.1. The Morgan fingerprint density at radius 2 is 1.93 bits per heavy atom. The maximum Gasteiger partial charge on any atom is 0.409 e. The highest BCUT2D eigenvalue weighted by Crippen LogP contribution is 2.49. The Morgan fingerprint density at radius 3 is 2.44 bits per heavy atom. The SMILES string of the molecule is CC(C)(C)N(C(=O)O)C1(S(=O)(=O)NCc2ncoc2-c2ccccc2)CC1. The molecule has 1 aliphatic carbocycles. The van der Waals surface area contributed by atoms with Crippen LogP contribution in [0, 0.1) is 0 Å². The number of sulfonamides is 1. The first-order valence-electron chi connectivity index (χ1n) is 8.59. The predicted molar refractivity (Wildman–Crippen MR) is 99.3 cm³/mol. The zero-order valence-electron chi connectivity index (χ0n) is 15.5. The van der Waals surface area contributed by atoms with Crippen molar-refractivity contribution in [2.75, 3.05) is 0 Å². The maximum absolute atomic E-state index is 13.0. The number of aromatic nitrogens is 1. The molecule has 1 aliphatic rings. The van der Waals surface area contributed by atoms with E-state index in [1.165, 1.54) is 6.39 Å². The van der Waals surface area contributed by atoms with Gasteiger partial charge >= 0.3 is 6.09 Å². The van der Waals surface area contributed by atoms with Crippen LogP contribution in [0.3, 0.4) is 0 Å². The van der Waals surface area contributed by atoms with Crippen LogP contribution in [0.1, 0.15) is 39.3 Å². The third kappa shape index (κ3) is 3.57. The van der Waals surface area contributed by atoms with Gasteiger partial charge in [-0.15, -0.1) is 0 Å². The molecule has 8 nitrogen and oxygen atoms in total. The average Bonchev–Trinajstić information content (AvgIpc) is 3.22. The second-order valence-corrected chi connectivity index (χ2v) is 9.61. The van der Waals surface area contributed by atoms with Crippen LogP contribution in [0.5, 0.6) is 0 Å². The average molecular weight is 393 g/mol. The summed E-state index contributed by atoms with van der Waals surface area (Å²) < 4.78 is 33.9. The number of oxazole rings is 1. The number of nitrogens with zero attached hydrogens (tertiary/aromatic N) is 2. The molecular formula is C18H23N3O5S. The van der Waals surface area contributed by atoms with Crippen molar-refractivity contribution in [1.29, 1.82) is 0 Å². The Bertz CT molecular complexity index is 927. The first kappa shape index (κ1) is 19.4. The summed E-state index contributed by atoms with van der Waals surface area (Å²) >= 11 is 0. The topological polar surface area (TPSA) is 113 Å². The van der Waals surface area contributed by atoms with Gasteiger partial charge in [-0.3, -0.25) is 4.90 Å². The van der Waals surface area contributed by atoms with Crippen LogP contribution in [0.4, 0.5) is 4.79 Å². The lowest BCUT2D eigenvalue weighted by molar-refractivity contribution is 0.0839. The summed E-state index contributed by atoms with van der Waals surface area (Å²) in [6.45, 7) is 4.97. The molecule has 0 aliphatic heterocycles. The summed E-state index contributed by atoms with van der Waals surface area (Å²) in [5, 5.41) is 9.60. The highest BCUT2D eigenvalue weighted by Gasteiger charge is 2.63. The smallest absolute Gasteiger partial charge is 0.409 e. The molecule has 0 saturated heterocycles. The van der Waals surface area contributed by atoms with Gasteiger partial charge in [0.2, 0.25) is 10.0 Å². The fourth-order valence-electron chi connectivity index (χ4n) is 3.31. The predicted octanol–water partition coefficient (Wildman–Crippen LogP) is 3.03. The molecule has 3 rings (SSSR count). The number of benzene rings is 1.